The lowest BCUT2D eigenvalue weighted by atomic mass is 9.84. The van der Waals surface area contributed by atoms with Gasteiger partial charge in [0, 0.05) is 11.3 Å². The largest absolute Gasteiger partial charge is 0.507 e. The van der Waals surface area contributed by atoms with Crippen LogP contribution in [0.3, 0.4) is 0 Å². The number of carbonyl (C=O) groups excluding carboxylic acids is 3. The molecule has 0 radical (unpaired) electrons. The predicted molar refractivity (Wildman–Crippen MR) is 153 cm³/mol. The topological polar surface area (TPSA) is 83.9 Å². The van der Waals surface area contributed by atoms with Crippen LogP contribution in [0, 0.1) is 13.8 Å². The van der Waals surface area contributed by atoms with Crippen molar-refractivity contribution >= 4 is 29.1 Å². The summed E-state index contributed by atoms with van der Waals surface area (Å²) >= 11 is 0. The lowest BCUT2D eigenvalue weighted by molar-refractivity contribution is -0.132. The Kier molecular flexibility index (Phi) is 7.51. The van der Waals surface area contributed by atoms with Gasteiger partial charge >= 0.3 is 5.97 Å². The number of hydrogen-bond acceptors (Lipinski definition) is 5. The van der Waals surface area contributed by atoms with Crippen molar-refractivity contribution in [2.75, 3.05) is 4.90 Å². The molecular weight excluding hydrogens is 490 g/mol. The molecular formula is C33H35NO5. The van der Waals surface area contributed by atoms with Crippen LogP contribution in [-0.4, -0.2) is 28.9 Å². The number of ether oxygens (including phenoxy) is 1. The van der Waals surface area contributed by atoms with Crippen LogP contribution >= 0.6 is 0 Å². The molecule has 6 heteroatoms. The van der Waals surface area contributed by atoms with Gasteiger partial charge in [0.25, 0.3) is 11.7 Å². The molecule has 1 fully saturated rings. The van der Waals surface area contributed by atoms with E-state index < -0.39 is 23.7 Å². The minimum atomic E-state index is -0.890. The smallest absolute Gasteiger partial charge is 0.338 e. The minimum Gasteiger partial charge on any atom is -0.507 e. The number of esters is 1. The summed E-state index contributed by atoms with van der Waals surface area (Å²) in [6.07, 6.45) is -0.310. The number of benzene rings is 3. The predicted octanol–water partition coefficient (Wildman–Crippen LogP) is 6.79. The summed E-state index contributed by atoms with van der Waals surface area (Å²) in [6.45, 7) is 13.5. The van der Waals surface area contributed by atoms with E-state index in [9.17, 15) is 19.5 Å². The zero-order valence-corrected chi connectivity index (χ0v) is 23.5. The second kappa shape index (κ2) is 10.5. The van der Waals surface area contributed by atoms with Crippen LogP contribution in [0.25, 0.3) is 5.76 Å². The summed E-state index contributed by atoms with van der Waals surface area (Å²) in [4.78, 5) is 41.2. The molecule has 4 rings (SSSR count). The van der Waals surface area contributed by atoms with Crippen LogP contribution < -0.4 is 4.90 Å². The van der Waals surface area contributed by atoms with Crippen molar-refractivity contribution in [3.05, 3.63) is 106 Å². The molecule has 39 heavy (non-hydrogen) atoms. The van der Waals surface area contributed by atoms with Crippen molar-refractivity contribution in [1.82, 2.24) is 0 Å². The Morgan fingerprint density at radius 2 is 1.64 bits per heavy atom. The van der Waals surface area contributed by atoms with Gasteiger partial charge < -0.3 is 9.84 Å². The average Bonchev–Trinajstić information content (AvgIpc) is 3.13. The molecule has 1 atom stereocenters. The van der Waals surface area contributed by atoms with Gasteiger partial charge in [-0.2, -0.15) is 0 Å². The number of hydrogen-bond donors (Lipinski definition) is 1. The van der Waals surface area contributed by atoms with Gasteiger partial charge in [0.05, 0.1) is 23.3 Å². The van der Waals surface area contributed by atoms with Gasteiger partial charge in [0.15, 0.2) is 0 Å². The highest BCUT2D eigenvalue weighted by Gasteiger charge is 2.47. The van der Waals surface area contributed by atoms with E-state index in [1.165, 1.54) is 4.90 Å². The quantitative estimate of drug-likeness (QED) is 0.172. The fraction of sp³-hybridized carbons (Fsp3) is 0.303. The van der Waals surface area contributed by atoms with E-state index >= 15 is 0 Å². The Morgan fingerprint density at radius 1 is 0.949 bits per heavy atom. The van der Waals surface area contributed by atoms with Gasteiger partial charge in [-0.25, -0.2) is 4.79 Å². The van der Waals surface area contributed by atoms with Crippen molar-refractivity contribution < 1.29 is 24.2 Å². The standard InChI is InChI=1S/C33H35NO5/c1-19(2)39-32(38)23-12-9-13-25(17-23)34-28(22-11-8-10-20(3)16-22)27(30(36)31(34)37)29(35)26-18-24(33(5,6)7)15-14-21(26)4/h8-19,28,35H,1-7H3/b29-27+. The maximum atomic E-state index is 13.6. The SMILES string of the molecule is Cc1cccc(C2/C(=C(\O)c3cc(C(C)(C)C)ccc3C)C(=O)C(=O)N2c2cccc(C(=O)OC(C)C)c2)c1. The number of carbonyl (C=O) groups is 3. The molecule has 0 saturated carbocycles. The van der Waals surface area contributed by atoms with E-state index in [4.69, 9.17) is 4.74 Å². The Labute approximate surface area is 229 Å². The highest BCUT2D eigenvalue weighted by molar-refractivity contribution is 6.51. The number of anilines is 1. The van der Waals surface area contributed by atoms with E-state index in [0.717, 1.165) is 16.7 Å². The van der Waals surface area contributed by atoms with Gasteiger partial charge in [-0.05, 0) is 74.1 Å². The van der Waals surface area contributed by atoms with Crippen LogP contribution in [-0.2, 0) is 19.7 Å². The highest BCUT2D eigenvalue weighted by Crippen LogP contribution is 2.43. The van der Waals surface area contributed by atoms with Crippen molar-refractivity contribution in [3.8, 4) is 0 Å². The second-order valence-corrected chi connectivity index (χ2v) is 11.4. The second-order valence-electron chi connectivity index (χ2n) is 11.4. The molecule has 0 spiro atoms. The van der Waals surface area contributed by atoms with Crippen LogP contribution in [0.5, 0.6) is 0 Å². The first kappa shape index (κ1) is 27.8. The third-order valence-electron chi connectivity index (χ3n) is 6.86. The molecule has 1 aliphatic rings. The van der Waals surface area contributed by atoms with E-state index in [1.54, 1.807) is 38.1 Å². The molecule has 0 aliphatic carbocycles. The summed E-state index contributed by atoms with van der Waals surface area (Å²) in [5.41, 5.74) is 4.35. The molecule has 1 saturated heterocycles. The number of amides is 1. The number of aryl methyl sites for hydroxylation is 2. The van der Waals surface area contributed by atoms with Gasteiger partial charge in [-0.15, -0.1) is 0 Å². The maximum absolute atomic E-state index is 13.6. The van der Waals surface area contributed by atoms with Crippen molar-refractivity contribution in [1.29, 1.82) is 0 Å². The lowest BCUT2D eigenvalue weighted by Gasteiger charge is -2.26. The van der Waals surface area contributed by atoms with Crippen molar-refractivity contribution in [3.63, 3.8) is 0 Å². The van der Waals surface area contributed by atoms with Crippen LogP contribution in [0.15, 0.2) is 72.3 Å². The number of ketones is 1. The minimum absolute atomic E-state index is 0.00918. The summed E-state index contributed by atoms with van der Waals surface area (Å²) < 4.78 is 5.34. The first-order valence-electron chi connectivity index (χ1n) is 13.1. The lowest BCUT2D eigenvalue weighted by Crippen LogP contribution is -2.29. The molecule has 3 aromatic carbocycles. The molecule has 0 bridgehead atoms. The molecule has 1 aliphatic heterocycles. The summed E-state index contributed by atoms with van der Waals surface area (Å²) in [7, 11) is 0. The van der Waals surface area contributed by atoms with Gasteiger partial charge in [0.1, 0.15) is 5.76 Å². The molecule has 1 unspecified atom stereocenters. The number of rotatable bonds is 5. The van der Waals surface area contributed by atoms with E-state index in [1.807, 2.05) is 56.3 Å². The molecule has 1 amide bonds. The third kappa shape index (κ3) is 5.51. The van der Waals surface area contributed by atoms with E-state index in [0.29, 0.717) is 16.8 Å². The average molecular weight is 526 g/mol. The summed E-state index contributed by atoms with van der Waals surface area (Å²) in [5.74, 6) is -2.30. The third-order valence-corrected chi connectivity index (χ3v) is 6.86. The fourth-order valence-electron chi connectivity index (χ4n) is 4.81. The number of aliphatic hydroxyl groups excluding tert-OH is 1. The maximum Gasteiger partial charge on any atom is 0.338 e. The number of nitrogens with zero attached hydrogens (tertiary/aromatic N) is 1. The molecule has 1 heterocycles. The monoisotopic (exact) mass is 525 g/mol. The first-order valence-corrected chi connectivity index (χ1v) is 13.1. The van der Waals surface area contributed by atoms with Crippen LogP contribution in [0.4, 0.5) is 5.69 Å². The van der Waals surface area contributed by atoms with Gasteiger partial charge in [0.2, 0.25) is 0 Å². The Hall–Kier alpha value is -4.19. The fourth-order valence-corrected chi connectivity index (χ4v) is 4.81. The highest BCUT2D eigenvalue weighted by atomic mass is 16.5. The molecule has 0 aromatic heterocycles. The Morgan fingerprint density at radius 3 is 2.28 bits per heavy atom. The van der Waals surface area contributed by atoms with Gasteiger partial charge in [-0.1, -0.05) is 68.8 Å². The zero-order valence-electron chi connectivity index (χ0n) is 23.5. The van der Waals surface area contributed by atoms with Gasteiger partial charge in [-0.3, -0.25) is 14.5 Å². The summed E-state index contributed by atoms with van der Waals surface area (Å²) in [5, 5.41) is 11.7. The van der Waals surface area contributed by atoms with Crippen LogP contribution in [0.2, 0.25) is 0 Å². The molecule has 202 valence electrons. The number of aliphatic hydroxyl groups is 1. The zero-order chi connectivity index (χ0) is 28.6. The number of Topliss-reactive ketones (excluding diaryl/α,β-unsaturated/α-hetero) is 1. The summed E-state index contributed by atoms with van der Waals surface area (Å²) in [6, 6.07) is 18.9. The van der Waals surface area contributed by atoms with Crippen LogP contribution in [0.1, 0.15) is 78.8 Å². The van der Waals surface area contributed by atoms with E-state index in [2.05, 4.69) is 20.8 Å². The first-order chi connectivity index (χ1) is 18.3. The Bertz CT molecular complexity index is 1490. The Balaban J connectivity index is 1.94. The van der Waals surface area contributed by atoms with E-state index in [-0.39, 0.29) is 28.4 Å². The molecule has 6 nitrogen and oxygen atoms in total. The van der Waals surface area contributed by atoms with Crippen molar-refractivity contribution in [2.45, 2.75) is 66.0 Å². The van der Waals surface area contributed by atoms with Crippen molar-refractivity contribution in [2.24, 2.45) is 0 Å². The molecule has 1 N–H and O–H groups in total. The normalized spacial score (nSPS) is 17.1. The molecule has 3 aromatic rings.